The summed E-state index contributed by atoms with van der Waals surface area (Å²) < 4.78 is 7.16. The van der Waals surface area contributed by atoms with Gasteiger partial charge in [-0.05, 0) is 24.6 Å². The standard InChI is InChI=1S/C21H27N2O.C2H6/c1-18-2-8-21(9-3-18)24-17-20-6-4-19(5-7-20)16-23-13-10-22(11-14-23)12-15-23;1-2/h2-9H,10-17H2,1H3;1-2H3/q+1;. The van der Waals surface area contributed by atoms with Gasteiger partial charge in [-0.3, -0.25) is 4.90 Å². The van der Waals surface area contributed by atoms with Crippen LogP contribution < -0.4 is 4.74 Å². The lowest BCUT2D eigenvalue weighted by molar-refractivity contribution is -0.953. The molecule has 3 aliphatic rings. The van der Waals surface area contributed by atoms with Gasteiger partial charge in [-0.25, -0.2) is 0 Å². The van der Waals surface area contributed by atoms with Gasteiger partial charge in [0.2, 0.25) is 0 Å². The molecular formula is C23H33N2O+. The first-order valence-electron chi connectivity index (χ1n) is 10.1. The lowest BCUT2D eigenvalue weighted by atomic mass is 10.1. The van der Waals surface area contributed by atoms with Gasteiger partial charge in [-0.15, -0.1) is 0 Å². The average molecular weight is 354 g/mol. The van der Waals surface area contributed by atoms with E-state index in [4.69, 9.17) is 4.74 Å². The van der Waals surface area contributed by atoms with E-state index in [0.717, 1.165) is 5.75 Å². The molecular weight excluding hydrogens is 320 g/mol. The van der Waals surface area contributed by atoms with Crippen LogP contribution >= 0.6 is 0 Å². The highest BCUT2D eigenvalue weighted by atomic mass is 16.5. The lowest BCUT2D eigenvalue weighted by Gasteiger charge is -2.50. The summed E-state index contributed by atoms with van der Waals surface area (Å²) in [5, 5.41) is 0. The zero-order valence-corrected chi connectivity index (χ0v) is 16.6. The van der Waals surface area contributed by atoms with Gasteiger partial charge in [0.1, 0.15) is 18.9 Å². The first-order chi connectivity index (χ1) is 12.7. The van der Waals surface area contributed by atoms with Crippen molar-refractivity contribution in [2.24, 2.45) is 0 Å². The van der Waals surface area contributed by atoms with E-state index in [2.05, 4.69) is 48.2 Å². The highest BCUT2D eigenvalue weighted by Gasteiger charge is 2.38. The van der Waals surface area contributed by atoms with Crippen molar-refractivity contribution in [3.05, 3.63) is 65.2 Å². The molecule has 2 bridgehead atoms. The summed E-state index contributed by atoms with van der Waals surface area (Å²) in [5.41, 5.74) is 3.96. The minimum absolute atomic E-state index is 0.637. The lowest BCUT2D eigenvalue weighted by Crippen LogP contribution is -2.66. The second-order valence-electron chi connectivity index (χ2n) is 7.43. The summed E-state index contributed by atoms with van der Waals surface area (Å²) in [4.78, 5) is 2.60. The quantitative estimate of drug-likeness (QED) is 0.745. The van der Waals surface area contributed by atoms with E-state index < -0.39 is 0 Å². The molecule has 3 heterocycles. The van der Waals surface area contributed by atoms with Crippen molar-refractivity contribution in [1.82, 2.24) is 4.90 Å². The Morgan fingerprint density at radius 3 is 1.92 bits per heavy atom. The van der Waals surface area contributed by atoms with Crippen molar-refractivity contribution < 1.29 is 9.22 Å². The zero-order chi connectivity index (χ0) is 18.4. The molecule has 2 aromatic rings. The molecule has 140 valence electrons. The van der Waals surface area contributed by atoms with Crippen molar-refractivity contribution in [2.75, 3.05) is 39.3 Å². The van der Waals surface area contributed by atoms with Gasteiger partial charge >= 0.3 is 0 Å². The van der Waals surface area contributed by atoms with E-state index in [1.165, 1.54) is 67.0 Å². The second-order valence-corrected chi connectivity index (χ2v) is 7.43. The average Bonchev–Trinajstić information content (AvgIpc) is 2.71. The molecule has 3 aliphatic heterocycles. The maximum atomic E-state index is 5.87. The third-order valence-electron chi connectivity index (χ3n) is 5.64. The van der Waals surface area contributed by atoms with E-state index in [1.54, 1.807) is 0 Å². The molecule has 0 amide bonds. The SMILES string of the molecule is CC.Cc1ccc(OCc2ccc(C[N+]34CCN(CC3)CC4)cc2)cc1. The van der Waals surface area contributed by atoms with Gasteiger partial charge in [-0.2, -0.15) is 0 Å². The summed E-state index contributed by atoms with van der Waals surface area (Å²) in [6.45, 7) is 15.7. The molecule has 3 saturated heterocycles. The highest BCUT2D eigenvalue weighted by Crippen LogP contribution is 2.23. The Hall–Kier alpha value is -1.84. The largest absolute Gasteiger partial charge is 0.489 e. The van der Waals surface area contributed by atoms with E-state index in [0.29, 0.717) is 6.61 Å². The van der Waals surface area contributed by atoms with Gasteiger partial charge in [0.05, 0.1) is 19.6 Å². The van der Waals surface area contributed by atoms with E-state index in [1.807, 2.05) is 26.0 Å². The summed E-state index contributed by atoms with van der Waals surface area (Å²) in [5.74, 6) is 0.939. The van der Waals surface area contributed by atoms with Gasteiger partial charge in [0.15, 0.2) is 0 Å². The molecule has 0 aliphatic carbocycles. The smallest absolute Gasteiger partial charge is 0.119 e. The summed E-state index contributed by atoms with van der Waals surface area (Å²) in [7, 11) is 0. The van der Waals surface area contributed by atoms with E-state index in [9.17, 15) is 0 Å². The Balaban J connectivity index is 0.000000948. The number of hydrogen-bond donors (Lipinski definition) is 0. The number of aryl methyl sites for hydroxylation is 1. The molecule has 3 nitrogen and oxygen atoms in total. The molecule has 26 heavy (non-hydrogen) atoms. The van der Waals surface area contributed by atoms with Gasteiger partial charge < -0.3 is 9.22 Å². The number of rotatable bonds is 5. The van der Waals surface area contributed by atoms with E-state index in [-0.39, 0.29) is 0 Å². The Labute approximate surface area is 158 Å². The number of benzene rings is 2. The fourth-order valence-electron chi connectivity index (χ4n) is 3.90. The Kier molecular flexibility index (Phi) is 6.33. The molecule has 3 heteroatoms. The molecule has 0 N–H and O–H groups in total. The Morgan fingerprint density at radius 1 is 0.808 bits per heavy atom. The molecule has 0 aromatic heterocycles. The number of piperazine rings is 3. The van der Waals surface area contributed by atoms with Crippen LogP contribution in [0.5, 0.6) is 5.75 Å². The monoisotopic (exact) mass is 353 g/mol. The predicted molar refractivity (Wildman–Crippen MR) is 108 cm³/mol. The number of quaternary nitrogens is 1. The van der Waals surface area contributed by atoms with Crippen LogP contribution in [0, 0.1) is 6.92 Å². The van der Waals surface area contributed by atoms with Crippen molar-refractivity contribution in [3.8, 4) is 5.75 Å². The first-order valence-corrected chi connectivity index (χ1v) is 10.1. The van der Waals surface area contributed by atoms with Crippen LogP contribution in [-0.2, 0) is 13.2 Å². The van der Waals surface area contributed by atoms with Crippen LogP contribution in [0.15, 0.2) is 48.5 Å². The number of ether oxygens (including phenoxy) is 1. The van der Waals surface area contributed by atoms with Gasteiger partial charge in [0, 0.05) is 25.2 Å². The molecule has 2 aromatic carbocycles. The van der Waals surface area contributed by atoms with Crippen molar-refractivity contribution in [1.29, 1.82) is 0 Å². The van der Waals surface area contributed by atoms with Crippen LogP contribution in [0.4, 0.5) is 0 Å². The van der Waals surface area contributed by atoms with Crippen molar-refractivity contribution >= 4 is 0 Å². The Morgan fingerprint density at radius 2 is 1.35 bits per heavy atom. The molecule has 0 radical (unpaired) electrons. The number of nitrogens with zero attached hydrogens (tertiary/aromatic N) is 2. The molecule has 0 unspecified atom stereocenters. The molecule has 3 fully saturated rings. The minimum atomic E-state index is 0.637. The van der Waals surface area contributed by atoms with Crippen LogP contribution in [0.3, 0.4) is 0 Å². The van der Waals surface area contributed by atoms with Crippen LogP contribution in [0.2, 0.25) is 0 Å². The third-order valence-corrected chi connectivity index (χ3v) is 5.64. The number of fused-ring (bicyclic) bond motifs is 3. The maximum absolute atomic E-state index is 5.87. The molecule has 0 spiro atoms. The normalized spacial score (nSPS) is 23.9. The summed E-state index contributed by atoms with van der Waals surface area (Å²) in [6, 6.07) is 17.3. The summed E-state index contributed by atoms with van der Waals surface area (Å²) >= 11 is 0. The minimum Gasteiger partial charge on any atom is -0.489 e. The predicted octanol–water partition coefficient (Wildman–Crippen LogP) is 4.25. The molecule has 0 atom stereocenters. The fourth-order valence-corrected chi connectivity index (χ4v) is 3.90. The highest BCUT2D eigenvalue weighted by molar-refractivity contribution is 5.27. The van der Waals surface area contributed by atoms with Gasteiger partial charge in [-0.1, -0.05) is 55.8 Å². The summed E-state index contributed by atoms with van der Waals surface area (Å²) in [6.07, 6.45) is 0. The van der Waals surface area contributed by atoms with E-state index >= 15 is 0 Å². The first kappa shape index (κ1) is 18.9. The molecule has 5 rings (SSSR count). The number of hydrogen-bond acceptors (Lipinski definition) is 2. The third kappa shape index (κ3) is 4.66. The van der Waals surface area contributed by atoms with Crippen LogP contribution in [0.25, 0.3) is 0 Å². The molecule has 0 saturated carbocycles. The fraction of sp³-hybridized carbons (Fsp3) is 0.478. The second kappa shape index (κ2) is 8.70. The van der Waals surface area contributed by atoms with Crippen molar-refractivity contribution in [3.63, 3.8) is 0 Å². The van der Waals surface area contributed by atoms with Crippen LogP contribution in [-0.4, -0.2) is 48.7 Å². The van der Waals surface area contributed by atoms with Crippen molar-refractivity contribution in [2.45, 2.75) is 33.9 Å². The Bertz CT molecular complexity index is 657. The van der Waals surface area contributed by atoms with Gasteiger partial charge in [0.25, 0.3) is 0 Å². The topological polar surface area (TPSA) is 12.5 Å². The maximum Gasteiger partial charge on any atom is 0.119 e. The van der Waals surface area contributed by atoms with Crippen LogP contribution in [0.1, 0.15) is 30.5 Å². The zero-order valence-electron chi connectivity index (χ0n) is 16.6.